The largest absolute Gasteiger partial charge is 0.489 e. The monoisotopic (exact) mass is 135 g/mol. The van der Waals surface area contributed by atoms with E-state index in [4.69, 9.17) is 4.74 Å². The van der Waals surface area contributed by atoms with E-state index in [0.717, 1.165) is 6.42 Å². The van der Waals surface area contributed by atoms with Crippen molar-refractivity contribution in [3.8, 4) is 0 Å². The molecule has 0 aliphatic carbocycles. The zero-order valence-corrected chi connectivity index (χ0v) is 6.03. The minimum atomic E-state index is 0.233. The maximum Gasteiger partial charge on any atom is 0.489 e. The van der Waals surface area contributed by atoms with Crippen LogP contribution < -0.4 is 0 Å². The van der Waals surface area contributed by atoms with Crippen LogP contribution in [0.15, 0.2) is 0 Å². The molecular formula is C5H11O2S+. The average molecular weight is 135 g/mol. The van der Waals surface area contributed by atoms with Crippen LogP contribution in [-0.2, 0) is 20.6 Å². The standard InChI is InChI=1S/C5H11O2S/c1-3-5(2)7-4-8-6/h5H,3-4H2,1-2H3/q+1. The van der Waals surface area contributed by atoms with Crippen molar-refractivity contribution < 1.29 is 8.95 Å². The summed E-state index contributed by atoms with van der Waals surface area (Å²) in [7, 11) is 0. The first-order valence-electron chi connectivity index (χ1n) is 2.67. The van der Waals surface area contributed by atoms with Crippen molar-refractivity contribution in [2.24, 2.45) is 0 Å². The van der Waals surface area contributed by atoms with E-state index in [-0.39, 0.29) is 12.0 Å². The van der Waals surface area contributed by atoms with Crippen LogP contribution in [0.1, 0.15) is 20.3 Å². The zero-order valence-electron chi connectivity index (χ0n) is 5.22. The summed E-state index contributed by atoms with van der Waals surface area (Å²) in [5.74, 6) is 0.273. The highest BCUT2D eigenvalue weighted by Crippen LogP contribution is 1.93. The highest BCUT2D eigenvalue weighted by atomic mass is 32.1. The van der Waals surface area contributed by atoms with Crippen LogP contribution >= 0.6 is 0 Å². The summed E-state index contributed by atoms with van der Waals surface area (Å²) in [6.07, 6.45) is 1.21. The van der Waals surface area contributed by atoms with Gasteiger partial charge >= 0.3 is 17.6 Å². The smallest absolute Gasteiger partial charge is 0.322 e. The van der Waals surface area contributed by atoms with E-state index in [9.17, 15) is 4.21 Å². The topological polar surface area (TPSA) is 26.3 Å². The Bertz CT molecular complexity index is 65.4. The summed E-state index contributed by atoms with van der Waals surface area (Å²) in [5, 5.41) is 0. The summed E-state index contributed by atoms with van der Waals surface area (Å²) in [6, 6.07) is 0. The Balaban J connectivity index is 2.97. The molecule has 2 nitrogen and oxygen atoms in total. The fourth-order valence-corrected chi connectivity index (χ4v) is 0.550. The molecule has 0 N–H and O–H groups in total. The van der Waals surface area contributed by atoms with Gasteiger partial charge in [0.1, 0.15) is 0 Å². The van der Waals surface area contributed by atoms with Gasteiger partial charge in [-0.2, -0.15) is 0 Å². The summed E-state index contributed by atoms with van der Waals surface area (Å²) in [6.45, 7) is 3.98. The lowest BCUT2D eigenvalue weighted by Crippen LogP contribution is -2.05. The van der Waals surface area contributed by atoms with Crippen molar-refractivity contribution in [3.63, 3.8) is 0 Å². The van der Waals surface area contributed by atoms with E-state index < -0.39 is 0 Å². The lowest BCUT2D eigenvalue weighted by atomic mass is 10.3. The van der Waals surface area contributed by atoms with Crippen LogP contribution in [0.5, 0.6) is 0 Å². The third kappa shape index (κ3) is 4.15. The molecule has 0 saturated carbocycles. The SMILES string of the molecule is CCC(C)OC[S+]=O. The molecule has 0 saturated heterocycles. The van der Waals surface area contributed by atoms with E-state index in [1.165, 1.54) is 0 Å². The average Bonchev–Trinajstić information content (AvgIpc) is 1.83. The van der Waals surface area contributed by atoms with Gasteiger partial charge in [0.15, 0.2) is 0 Å². The molecule has 0 radical (unpaired) electrons. The molecule has 0 aromatic heterocycles. The summed E-state index contributed by atoms with van der Waals surface area (Å²) >= 11 is 0.473. The fourth-order valence-electron chi connectivity index (χ4n) is 0.262. The van der Waals surface area contributed by atoms with Crippen LogP contribution in [0.3, 0.4) is 0 Å². The van der Waals surface area contributed by atoms with E-state index in [1.54, 1.807) is 0 Å². The van der Waals surface area contributed by atoms with Gasteiger partial charge in [-0.3, -0.25) is 0 Å². The van der Waals surface area contributed by atoms with Crippen molar-refractivity contribution in [2.45, 2.75) is 26.4 Å². The van der Waals surface area contributed by atoms with Gasteiger partial charge in [0.05, 0.1) is 6.10 Å². The maximum absolute atomic E-state index is 9.74. The molecule has 0 heterocycles. The third-order valence-electron chi connectivity index (χ3n) is 0.976. The van der Waals surface area contributed by atoms with Gasteiger partial charge in [0.25, 0.3) is 0 Å². The number of ether oxygens (including phenoxy) is 1. The van der Waals surface area contributed by atoms with Crippen LogP contribution in [-0.4, -0.2) is 12.0 Å². The van der Waals surface area contributed by atoms with E-state index in [1.807, 2.05) is 13.8 Å². The minimum Gasteiger partial charge on any atom is -0.322 e. The van der Waals surface area contributed by atoms with Crippen molar-refractivity contribution >= 4 is 11.7 Å². The highest BCUT2D eigenvalue weighted by Gasteiger charge is 2.02. The van der Waals surface area contributed by atoms with Gasteiger partial charge in [-0.15, -0.1) is 0 Å². The minimum absolute atomic E-state index is 0.233. The molecule has 0 bridgehead atoms. The first kappa shape index (κ1) is 7.98. The second-order valence-corrected chi connectivity index (χ2v) is 2.09. The molecule has 0 spiro atoms. The Morgan fingerprint density at radius 1 is 1.75 bits per heavy atom. The van der Waals surface area contributed by atoms with E-state index in [2.05, 4.69) is 0 Å². The molecule has 0 aromatic carbocycles. The molecular weight excluding hydrogens is 124 g/mol. The number of hydrogen-bond acceptors (Lipinski definition) is 2. The molecule has 0 fully saturated rings. The van der Waals surface area contributed by atoms with Gasteiger partial charge in [0, 0.05) is 4.21 Å². The second-order valence-electron chi connectivity index (χ2n) is 1.62. The quantitative estimate of drug-likeness (QED) is 0.427. The lowest BCUT2D eigenvalue weighted by molar-refractivity contribution is 0.101. The van der Waals surface area contributed by atoms with Gasteiger partial charge in [-0.25, -0.2) is 0 Å². The first-order valence-corrected chi connectivity index (χ1v) is 3.58. The molecule has 8 heavy (non-hydrogen) atoms. The van der Waals surface area contributed by atoms with Gasteiger partial charge in [-0.1, -0.05) is 6.92 Å². The number of hydrogen-bond donors (Lipinski definition) is 0. The molecule has 3 heteroatoms. The van der Waals surface area contributed by atoms with E-state index >= 15 is 0 Å². The molecule has 1 unspecified atom stereocenters. The van der Waals surface area contributed by atoms with Crippen LogP contribution in [0.25, 0.3) is 0 Å². The van der Waals surface area contributed by atoms with Crippen molar-refractivity contribution in [2.75, 3.05) is 5.94 Å². The number of rotatable bonds is 4. The van der Waals surface area contributed by atoms with E-state index in [0.29, 0.717) is 11.7 Å². The molecule has 48 valence electrons. The Morgan fingerprint density at radius 3 is 2.75 bits per heavy atom. The van der Waals surface area contributed by atoms with Crippen LogP contribution in [0.2, 0.25) is 0 Å². The summed E-state index contributed by atoms with van der Waals surface area (Å²) < 4.78 is 14.7. The predicted molar refractivity (Wildman–Crippen MR) is 33.8 cm³/mol. The predicted octanol–water partition coefficient (Wildman–Crippen LogP) is 1.19. The molecule has 0 amide bonds. The third-order valence-corrected chi connectivity index (χ3v) is 1.21. The molecule has 0 rings (SSSR count). The molecule has 0 aromatic rings. The van der Waals surface area contributed by atoms with Crippen molar-refractivity contribution in [3.05, 3.63) is 0 Å². The normalized spacial score (nSPS) is 13.2. The van der Waals surface area contributed by atoms with Crippen molar-refractivity contribution in [1.29, 1.82) is 0 Å². The fraction of sp³-hybridized carbons (Fsp3) is 1.00. The maximum atomic E-state index is 9.74. The Kier molecular flexibility index (Phi) is 5.11. The highest BCUT2D eigenvalue weighted by molar-refractivity contribution is 7.65. The zero-order chi connectivity index (χ0) is 6.41. The molecule has 0 aliphatic rings. The Labute approximate surface area is 53.7 Å². The summed E-state index contributed by atoms with van der Waals surface area (Å²) in [5.41, 5.74) is 0. The van der Waals surface area contributed by atoms with Crippen LogP contribution in [0, 0.1) is 0 Å². The molecule has 0 aliphatic heterocycles. The Hall–Kier alpha value is -0.0200. The Morgan fingerprint density at radius 2 is 2.38 bits per heavy atom. The van der Waals surface area contributed by atoms with Gasteiger partial charge in [-0.05, 0) is 13.3 Å². The lowest BCUT2D eigenvalue weighted by Gasteiger charge is -2.00. The van der Waals surface area contributed by atoms with Crippen LogP contribution in [0.4, 0.5) is 0 Å². The van der Waals surface area contributed by atoms with Gasteiger partial charge in [0.2, 0.25) is 0 Å². The molecule has 1 atom stereocenters. The second kappa shape index (κ2) is 5.12. The first-order chi connectivity index (χ1) is 3.81. The van der Waals surface area contributed by atoms with Crippen molar-refractivity contribution in [1.82, 2.24) is 0 Å². The van der Waals surface area contributed by atoms with Gasteiger partial charge < -0.3 is 4.74 Å². The summed E-state index contributed by atoms with van der Waals surface area (Å²) in [4.78, 5) is 0.